The van der Waals surface area contributed by atoms with Gasteiger partial charge in [0.05, 0.1) is 0 Å². The molecule has 0 fully saturated rings. The quantitative estimate of drug-likeness (QED) is 0.414. The van der Waals surface area contributed by atoms with Crippen LogP contribution in [-0.2, 0) is 9.53 Å². The Hall–Kier alpha value is -2.88. The average Bonchev–Trinajstić information content (AvgIpc) is 2.67. The predicted octanol–water partition coefficient (Wildman–Crippen LogP) is 3.88. The predicted molar refractivity (Wildman–Crippen MR) is 110 cm³/mol. The van der Waals surface area contributed by atoms with Crippen LogP contribution in [0.25, 0.3) is 0 Å². The van der Waals surface area contributed by atoms with E-state index in [4.69, 9.17) is 9.84 Å². The number of phenols is 1. The van der Waals surface area contributed by atoms with Crippen LogP contribution in [-0.4, -0.2) is 28.2 Å². The standard InChI is InChI=1S/C20H18INO6/c1-12(7-10-17(24)25)18(15-11-14(21)8-9-16(15)23)28-20(27)22-19(26)13-5-3-2-4-6-13/h2-12,18,23H,1H3,(H,24,25)(H,22,26,27)/b10-7+/t12-,18-/m1/s1. The number of amides is 2. The summed E-state index contributed by atoms with van der Waals surface area (Å²) in [4.78, 5) is 35.2. The highest BCUT2D eigenvalue weighted by Gasteiger charge is 2.26. The number of nitrogens with one attached hydrogen (secondary N) is 1. The zero-order chi connectivity index (χ0) is 20.7. The number of aromatic hydroxyl groups is 1. The molecule has 0 heterocycles. The topological polar surface area (TPSA) is 113 Å². The summed E-state index contributed by atoms with van der Waals surface area (Å²) >= 11 is 2.04. The van der Waals surface area contributed by atoms with Gasteiger partial charge in [0.2, 0.25) is 0 Å². The fourth-order valence-electron chi connectivity index (χ4n) is 2.44. The fourth-order valence-corrected chi connectivity index (χ4v) is 2.96. The Bertz CT molecular complexity index is 897. The number of hydrogen-bond donors (Lipinski definition) is 3. The molecule has 0 aliphatic rings. The van der Waals surface area contributed by atoms with Gasteiger partial charge >= 0.3 is 12.1 Å². The molecule has 0 aliphatic heterocycles. The maximum absolute atomic E-state index is 12.3. The zero-order valence-corrected chi connectivity index (χ0v) is 17.0. The summed E-state index contributed by atoms with van der Waals surface area (Å²) in [6.07, 6.45) is 0.263. The summed E-state index contributed by atoms with van der Waals surface area (Å²) in [6, 6.07) is 12.9. The number of rotatable bonds is 6. The number of alkyl carbamates (subject to hydrolysis) is 1. The second kappa shape index (κ2) is 9.88. The van der Waals surface area contributed by atoms with Crippen LogP contribution in [0.5, 0.6) is 5.75 Å². The first kappa shape index (κ1) is 21.4. The number of phenolic OH excluding ortho intramolecular Hbond substituents is 1. The molecule has 0 unspecified atom stereocenters. The Kier molecular flexibility index (Phi) is 7.56. The van der Waals surface area contributed by atoms with Crippen LogP contribution < -0.4 is 5.32 Å². The van der Waals surface area contributed by atoms with Gasteiger partial charge in [-0.25, -0.2) is 9.59 Å². The van der Waals surface area contributed by atoms with Gasteiger partial charge in [-0.05, 0) is 52.9 Å². The zero-order valence-electron chi connectivity index (χ0n) is 14.8. The monoisotopic (exact) mass is 495 g/mol. The summed E-state index contributed by atoms with van der Waals surface area (Å²) in [6.45, 7) is 1.63. The molecule has 2 atom stereocenters. The highest BCUT2D eigenvalue weighted by Crippen LogP contribution is 2.34. The van der Waals surface area contributed by atoms with Gasteiger partial charge in [-0.3, -0.25) is 10.1 Å². The van der Waals surface area contributed by atoms with Gasteiger partial charge in [-0.1, -0.05) is 31.2 Å². The highest BCUT2D eigenvalue weighted by molar-refractivity contribution is 14.1. The van der Waals surface area contributed by atoms with Crippen LogP contribution in [0.2, 0.25) is 0 Å². The molecule has 2 rings (SSSR count). The van der Waals surface area contributed by atoms with E-state index in [-0.39, 0.29) is 11.3 Å². The summed E-state index contributed by atoms with van der Waals surface area (Å²) in [5.74, 6) is -2.48. The normalized spacial score (nSPS) is 12.9. The molecule has 28 heavy (non-hydrogen) atoms. The third-order valence-corrected chi connectivity index (χ3v) is 4.47. The van der Waals surface area contributed by atoms with Gasteiger partial charge in [0.15, 0.2) is 0 Å². The number of halogens is 1. The molecular formula is C20H18INO6. The summed E-state index contributed by atoms with van der Waals surface area (Å²) in [5.41, 5.74) is 0.587. The third-order valence-electron chi connectivity index (χ3n) is 3.80. The molecule has 0 aliphatic carbocycles. The SMILES string of the molecule is C[C@H](/C=C/C(=O)O)[C@@H](OC(=O)NC(=O)c1ccccc1)c1cc(I)ccc1O. The number of carboxylic acid groups (broad SMARTS) is 1. The Morgan fingerprint density at radius 1 is 1.14 bits per heavy atom. The molecule has 0 saturated carbocycles. The Morgan fingerprint density at radius 2 is 1.82 bits per heavy atom. The van der Waals surface area contributed by atoms with Crippen molar-refractivity contribution < 1.29 is 29.3 Å². The van der Waals surface area contributed by atoms with E-state index in [1.165, 1.54) is 12.1 Å². The third kappa shape index (κ3) is 6.08. The van der Waals surface area contributed by atoms with E-state index in [1.54, 1.807) is 49.4 Å². The molecule has 2 amide bonds. The number of carbonyl (C=O) groups is 3. The van der Waals surface area contributed by atoms with Crippen molar-refractivity contribution in [2.45, 2.75) is 13.0 Å². The molecule has 8 heteroatoms. The fraction of sp³-hybridized carbons (Fsp3) is 0.150. The molecule has 7 nitrogen and oxygen atoms in total. The lowest BCUT2D eigenvalue weighted by Gasteiger charge is -2.23. The number of aliphatic carboxylic acids is 1. The van der Waals surface area contributed by atoms with Gasteiger partial charge in [-0.15, -0.1) is 0 Å². The van der Waals surface area contributed by atoms with Crippen LogP contribution in [0.4, 0.5) is 4.79 Å². The molecule has 2 aromatic carbocycles. The lowest BCUT2D eigenvalue weighted by Crippen LogP contribution is -2.33. The summed E-state index contributed by atoms with van der Waals surface area (Å²) in [7, 11) is 0. The van der Waals surface area contributed by atoms with Crippen LogP contribution in [0.3, 0.4) is 0 Å². The van der Waals surface area contributed by atoms with Crippen LogP contribution in [0.15, 0.2) is 60.7 Å². The van der Waals surface area contributed by atoms with E-state index in [1.807, 2.05) is 22.6 Å². The maximum Gasteiger partial charge on any atom is 0.414 e. The lowest BCUT2D eigenvalue weighted by atomic mass is 9.96. The number of benzene rings is 2. The minimum absolute atomic E-state index is 0.108. The Balaban J connectivity index is 2.23. The molecule has 0 bridgehead atoms. The van der Waals surface area contributed by atoms with Crippen molar-refractivity contribution in [3.63, 3.8) is 0 Å². The molecule has 0 spiro atoms. The Labute approximate surface area is 175 Å². The van der Waals surface area contributed by atoms with E-state index in [2.05, 4.69) is 5.32 Å². The first-order valence-electron chi connectivity index (χ1n) is 8.24. The van der Waals surface area contributed by atoms with Crippen molar-refractivity contribution >= 4 is 40.6 Å². The van der Waals surface area contributed by atoms with Crippen molar-refractivity contribution in [3.8, 4) is 5.75 Å². The molecular weight excluding hydrogens is 477 g/mol. The van der Waals surface area contributed by atoms with Crippen molar-refractivity contribution in [2.75, 3.05) is 0 Å². The summed E-state index contributed by atoms with van der Waals surface area (Å²) < 4.78 is 6.17. The van der Waals surface area contributed by atoms with E-state index in [0.29, 0.717) is 5.56 Å². The van der Waals surface area contributed by atoms with Crippen molar-refractivity contribution in [3.05, 3.63) is 75.4 Å². The van der Waals surface area contributed by atoms with Crippen molar-refractivity contribution in [2.24, 2.45) is 5.92 Å². The van der Waals surface area contributed by atoms with Gasteiger partial charge in [0.25, 0.3) is 5.91 Å². The highest BCUT2D eigenvalue weighted by atomic mass is 127. The first-order valence-corrected chi connectivity index (χ1v) is 9.32. The molecule has 146 valence electrons. The molecule has 0 aromatic heterocycles. The van der Waals surface area contributed by atoms with Gasteiger partial charge in [-0.2, -0.15) is 0 Å². The molecule has 2 aromatic rings. The van der Waals surface area contributed by atoms with Crippen LogP contribution in [0, 0.1) is 9.49 Å². The van der Waals surface area contributed by atoms with E-state index in [0.717, 1.165) is 9.65 Å². The number of carboxylic acids is 1. The van der Waals surface area contributed by atoms with E-state index in [9.17, 15) is 19.5 Å². The Morgan fingerprint density at radius 3 is 2.46 bits per heavy atom. The number of imide groups is 1. The number of ether oxygens (including phenoxy) is 1. The minimum Gasteiger partial charge on any atom is -0.508 e. The van der Waals surface area contributed by atoms with Gasteiger partial charge in [0, 0.05) is 26.7 Å². The van der Waals surface area contributed by atoms with Crippen molar-refractivity contribution in [1.29, 1.82) is 0 Å². The molecule has 0 radical (unpaired) electrons. The second-order valence-electron chi connectivity index (χ2n) is 5.91. The van der Waals surface area contributed by atoms with Crippen molar-refractivity contribution in [1.82, 2.24) is 5.32 Å². The smallest absolute Gasteiger partial charge is 0.414 e. The van der Waals surface area contributed by atoms with Gasteiger partial charge < -0.3 is 14.9 Å². The maximum atomic E-state index is 12.3. The first-order chi connectivity index (χ1) is 13.3. The lowest BCUT2D eigenvalue weighted by molar-refractivity contribution is -0.131. The molecule has 0 saturated heterocycles. The largest absolute Gasteiger partial charge is 0.508 e. The van der Waals surface area contributed by atoms with Crippen LogP contribution >= 0.6 is 22.6 Å². The minimum atomic E-state index is -1.15. The van der Waals surface area contributed by atoms with Crippen LogP contribution in [0.1, 0.15) is 28.9 Å². The molecule has 3 N–H and O–H groups in total. The van der Waals surface area contributed by atoms with E-state index >= 15 is 0 Å². The average molecular weight is 495 g/mol. The van der Waals surface area contributed by atoms with E-state index < -0.39 is 30.0 Å². The van der Waals surface area contributed by atoms with Gasteiger partial charge in [0.1, 0.15) is 11.9 Å². The number of hydrogen-bond acceptors (Lipinski definition) is 5. The summed E-state index contributed by atoms with van der Waals surface area (Å²) in [5, 5.41) is 21.1. The number of carbonyl (C=O) groups excluding carboxylic acids is 2. The second-order valence-corrected chi connectivity index (χ2v) is 7.15.